The molecule has 0 amide bonds. The van der Waals surface area contributed by atoms with E-state index in [1.165, 1.54) is 0 Å². The lowest BCUT2D eigenvalue weighted by Crippen LogP contribution is -2.28. The quantitative estimate of drug-likeness (QED) is 0.604. The van der Waals surface area contributed by atoms with Gasteiger partial charge in [0.2, 0.25) is 0 Å². The smallest absolute Gasteiger partial charge is 0.273 e. The second kappa shape index (κ2) is 6.97. The molecular weight excluding hydrogens is 242 g/mol. The lowest BCUT2D eigenvalue weighted by Gasteiger charge is -2.27. The molecular formula is C14H23N3O2. The van der Waals surface area contributed by atoms with E-state index in [1.807, 2.05) is 20.0 Å². The van der Waals surface area contributed by atoms with Crippen LogP contribution in [0.5, 0.6) is 0 Å². The average Bonchev–Trinajstić information content (AvgIpc) is 2.38. The van der Waals surface area contributed by atoms with E-state index in [0.717, 1.165) is 30.8 Å². The Labute approximate surface area is 114 Å². The van der Waals surface area contributed by atoms with Crippen molar-refractivity contribution in [1.29, 1.82) is 0 Å². The van der Waals surface area contributed by atoms with Gasteiger partial charge in [0.05, 0.1) is 4.92 Å². The summed E-state index contributed by atoms with van der Waals surface area (Å²) in [6.07, 6.45) is 2.16. The maximum absolute atomic E-state index is 11.0. The number of hydrogen-bond donors (Lipinski definition) is 1. The molecule has 0 radical (unpaired) electrons. The van der Waals surface area contributed by atoms with Crippen molar-refractivity contribution in [1.82, 2.24) is 0 Å². The van der Waals surface area contributed by atoms with Gasteiger partial charge in [-0.05, 0) is 26.3 Å². The SMILES string of the molecule is CCCC(C)N(C)c1cc(NCC)cc([N+](=O)[O-])c1. The van der Waals surface area contributed by atoms with Crippen molar-refractivity contribution >= 4 is 17.1 Å². The van der Waals surface area contributed by atoms with Gasteiger partial charge in [-0.15, -0.1) is 0 Å². The van der Waals surface area contributed by atoms with Crippen LogP contribution < -0.4 is 10.2 Å². The molecule has 0 aliphatic heterocycles. The summed E-state index contributed by atoms with van der Waals surface area (Å²) in [5.74, 6) is 0. The minimum absolute atomic E-state index is 0.129. The lowest BCUT2D eigenvalue weighted by molar-refractivity contribution is -0.384. The molecule has 0 saturated heterocycles. The molecule has 1 atom stereocenters. The Morgan fingerprint density at radius 2 is 2.05 bits per heavy atom. The summed E-state index contributed by atoms with van der Waals surface area (Å²) in [4.78, 5) is 12.7. The van der Waals surface area contributed by atoms with E-state index in [-0.39, 0.29) is 10.6 Å². The fourth-order valence-corrected chi connectivity index (χ4v) is 2.08. The van der Waals surface area contributed by atoms with E-state index >= 15 is 0 Å². The van der Waals surface area contributed by atoms with Crippen LogP contribution in [0.4, 0.5) is 17.1 Å². The van der Waals surface area contributed by atoms with Gasteiger partial charge < -0.3 is 10.2 Å². The van der Waals surface area contributed by atoms with Gasteiger partial charge >= 0.3 is 0 Å². The first-order chi connectivity index (χ1) is 8.99. The third kappa shape index (κ3) is 4.12. The van der Waals surface area contributed by atoms with E-state index in [9.17, 15) is 10.1 Å². The number of benzene rings is 1. The fraction of sp³-hybridized carbons (Fsp3) is 0.571. The summed E-state index contributed by atoms with van der Waals surface area (Å²) in [6, 6.07) is 5.53. The fourth-order valence-electron chi connectivity index (χ4n) is 2.08. The molecule has 0 spiro atoms. The summed E-state index contributed by atoms with van der Waals surface area (Å²) in [5.41, 5.74) is 1.80. The predicted octanol–water partition coefficient (Wildman–Crippen LogP) is 3.65. The van der Waals surface area contributed by atoms with Gasteiger partial charge in [-0.2, -0.15) is 0 Å². The summed E-state index contributed by atoms with van der Waals surface area (Å²) in [7, 11) is 1.98. The van der Waals surface area contributed by atoms with Crippen molar-refractivity contribution < 1.29 is 4.92 Å². The predicted molar refractivity (Wildman–Crippen MR) is 80.0 cm³/mol. The average molecular weight is 265 g/mol. The second-order valence-corrected chi connectivity index (χ2v) is 4.77. The molecule has 0 fully saturated rings. The van der Waals surface area contributed by atoms with Crippen LogP contribution >= 0.6 is 0 Å². The molecule has 1 aromatic carbocycles. The summed E-state index contributed by atoms with van der Waals surface area (Å²) in [6.45, 7) is 6.99. The van der Waals surface area contributed by atoms with E-state index in [0.29, 0.717) is 6.04 Å². The zero-order valence-electron chi connectivity index (χ0n) is 12.1. The molecule has 0 saturated carbocycles. The lowest BCUT2D eigenvalue weighted by atomic mass is 10.1. The van der Waals surface area contributed by atoms with Gasteiger partial charge in [0, 0.05) is 43.1 Å². The van der Waals surface area contributed by atoms with Crippen LogP contribution in [-0.2, 0) is 0 Å². The molecule has 0 heterocycles. The standard InChI is InChI=1S/C14H23N3O2/c1-5-7-11(3)16(4)13-8-12(15-6-2)9-14(10-13)17(18)19/h8-11,15H,5-7H2,1-4H3. The molecule has 106 valence electrons. The molecule has 19 heavy (non-hydrogen) atoms. The zero-order chi connectivity index (χ0) is 14.4. The summed E-state index contributed by atoms with van der Waals surface area (Å²) < 4.78 is 0. The van der Waals surface area contributed by atoms with Gasteiger partial charge in [0.1, 0.15) is 0 Å². The number of nitrogens with zero attached hydrogens (tertiary/aromatic N) is 2. The van der Waals surface area contributed by atoms with Gasteiger partial charge in [-0.1, -0.05) is 13.3 Å². The van der Waals surface area contributed by atoms with Crippen LogP contribution in [0.15, 0.2) is 18.2 Å². The van der Waals surface area contributed by atoms with Crippen molar-refractivity contribution in [3.05, 3.63) is 28.3 Å². The first kappa shape index (κ1) is 15.3. The molecule has 0 bridgehead atoms. The van der Waals surface area contributed by atoms with Crippen molar-refractivity contribution in [2.75, 3.05) is 23.8 Å². The van der Waals surface area contributed by atoms with Crippen molar-refractivity contribution in [2.24, 2.45) is 0 Å². The maximum atomic E-state index is 11.0. The molecule has 5 heteroatoms. The van der Waals surface area contributed by atoms with Crippen LogP contribution in [0.2, 0.25) is 0 Å². The number of nitro groups is 1. The Hall–Kier alpha value is -1.78. The van der Waals surface area contributed by atoms with E-state index in [1.54, 1.807) is 12.1 Å². The van der Waals surface area contributed by atoms with E-state index in [4.69, 9.17) is 0 Å². The highest BCUT2D eigenvalue weighted by Gasteiger charge is 2.15. The van der Waals surface area contributed by atoms with Crippen LogP contribution in [0.3, 0.4) is 0 Å². The minimum Gasteiger partial charge on any atom is -0.385 e. The monoisotopic (exact) mass is 265 g/mol. The van der Waals surface area contributed by atoms with E-state index in [2.05, 4.69) is 24.1 Å². The van der Waals surface area contributed by atoms with Crippen LogP contribution in [0, 0.1) is 10.1 Å². The molecule has 0 aliphatic rings. The number of anilines is 2. The Balaban J connectivity index is 3.07. The largest absolute Gasteiger partial charge is 0.385 e. The van der Waals surface area contributed by atoms with Gasteiger partial charge in [0.25, 0.3) is 5.69 Å². The van der Waals surface area contributed by atoms with Crippen LogP contribution in [0.1, 0.15) is 33.6 Å². The number of nitro benzene ring substituents is 1. The highest BCUT2D eigenvalue weighted by Crippen LogP contribution is 2.28. The van der Waals surface area contributed by atoms with Crippen LogP contribution in [0.25, 0.3) is 0 Å². The maximum Gasteiger partial charge on any atom is 0.273 e. The summed E-state index contributed by atoms with van der Waals surface area (Å²) in [5, 5.41) is 14.1. The number of non-ortho nitro benzene ring substituents is 1. The molecule has 1 aromatic rings. The highest BCUT2D eigenvalue weighted by atomic mass is 16.6. The first-order valence-corrected chi connectivity index (χ1v) is 6.75. The molecule has 0 aliphatic carbocycles. The van der Waals surface area contributed by atoms with Gasteiger partial charge in [0.15, 0.2) is 0 Å². The second-order valence-electron chi connectivity index (χ2n) is 4.77. The van der Waals surface area contributed by atoms with Crippen LogP contribution in [-0.4, -0.2) is 24.6 Å². The normalized spacial score (nSPS) is 12.0. The zero-order valence-corrected chi connectivity index (χ0v) is 12.1. The summed E-state index contributed by atoms with van der Waals surface area (Å²) >= 11 is 0. The Morgan fingerprint density at radius 1 is 1.37 bits per heavy atom. The topological polar surface area (TPSA) is 58.4 Å². The van der Waals surface area contributed by atoms with Gasteiger partial charge in [-0.25, -0.2) is 0 Å². The van der Waals surface area contributed by atoms with Crippen molar-refractivity contribution in [2.45, 2.75) is 39.7 Å². The van der Waals surface area contributed by atoms with Crippen molar-refractivity contribution in [3.8, 4) is 0 Å². The third-order valence-electron chi connectivity index (χ3n) is 3.27. The molecule has 5 nitrogen and oxygen atoms in total. The van der Waals surface area contributed by atoms with Gasteiger partial charge in [-0.3, -0.25) is 10.1 Å². The third-order valence-corrected chi connectivity index (χ3v) is 3.27. The van der Waals surface area contributed by atoms with Crippen molar-refractivity contribution in [3.63, 3.8) is 0 Å². The highest BCUT2D eigenvalue weighted by molar-refractivity contribution is 5.64. The molecule has 1 rings (SSSR count). The molecule has 1 N–H and O–H groups in total. The molecule has 0 aromatic heterocycles. The molecule has 1 unspecified atom stereocenters. The Kier molecular flexibility index (Phi) is 5.60. The Morgan fingerprint density at radius 3 is 2.58 bits per heavy atom. The minimum atomic E-state index is -0.345. The van der Waals surface area contributed by atoms with E-state index < -0.39 is 0 Å². The Bertz CT molecular complexity index is 435. The number of nitrogens with one attached hydrogen (secondary N) is 1. The first-order valence-electron chi connectivity index (χ1n) is 6.75. The number of rotatable bonds is 7. The number of hydrogen-bond acceptors (Lipinski definition) is 4.